The Bertz CT molecular complexity index is 1060. The zero-order chi connectivity index (χ0) is 20.4. The second-order valence-electron chi connectivity index (χ2n) is 6.41. The first kappa shape index (κ1) is 17.5. The van der Waals surface area contributed by atoms with Gasteiger partial charge in [-0.15, -0.1) is 11.8 Å². The lowest BCUT2D eigenvalue weighted by Crippen LogP contribution is -2.16. The molecule has 1 N–H and O–H groups in total. The number of nitrogens with one attached hydrogen (secondary N) is 1. The van der Waals surface area contributed by atoms with Crippen LogP contribution in [0.5, 0.6) is 17.2 Å². The molecule has 2 heterocycles. The van der Waals surface area contributed by atoms with Crippen molar-refractivity contribution < 1.29 is 15.6 Å². The van der Waals surface area contributed by atoms with Gasteiger partial charge in [-0.3, -0.25) is 4.99 Å². The first-order chi connectivity index (χ1) is 14.1. The van der Waals surface area contributed by atoms with E-state index in [4.69, 9.17) is 15.6 Å². The van der Waals surface area contributed by atoms with Crippen molar-refractivity contribution in [2.75, 3.05) is 33.1 Å². The van der Waals surface area contributed by atoms with E-state index in [-0.39, 0.29) is 0 Å². The van der Waals surface area contributed by atoms with Crippen LogP contribution in [-0.2, 0) is 6.42 Å². The Balaban J connectivity index is 1.63. The van der Waals surface area contributed by atoms with Gasteiger partial charge in [0.15, 0.2) is 11.5 Å². The van der Waals surface area contributed by atoms with Crippen LogP contribution in [0.3, 0.4) is 0 Å². The van der Waals surface area contributed by atoms with Gasteiger partial charge < -0.3 is 19.2 Å². The van der Waals surface area contributed by atoms with E-state index in [1.807, 2.05) is 43.5 Å². The third-order valence-electron chi connectivity index (χ3n) is 4.77. The van der Waals surface area contributed by atoms with Gasteiger partial charge >= 0.3 is 0 Å². The van der Waals surface area contributed by atoms with Crippen LogP contribution >= 0.6 is 11.8 Å². The summed E-state index contributed by atoms with van der Waals surface area (Å²) in [6.07, 6.45) is 2.59. The SMILES string of the molecule is [2H][C@@H]1Cc2cc(OC)c(OCC)cc2C(CSc2c[nH]c3ccc(OC)cc23)=N1. The maximum Gasteiger partial charge on any atom is 0.161 e. The number of aliphatic imine (C=N–C) groups is 1. The van der Waals surface area contributed by atoms with Gasteiger partial charge in [-0.1, -0.05) is 0 Å². The van der Waals surface area contributed by atoms with E-state index in [0.717, 1.165) is 38.4 Å². The third-order valence-corrected chi connectivity index (χ3v) is 5.84. The zero-order valence-corrected chi connectivity index (χ0v) is 17.1. The van der Waals surface area contributed by atoms with E-state index >= 15 is 0 Å². The van der Waals surface area contributed by atoms with Gasteiger partial charge in [-0.2, -0.15) is 0 Å². The number of rotatable bonds is 7. The first-order valence-electron chi connectivity index (χ1n) is 9.81. The molecule has 1 aliphatic rings. The molecule has 4 rings (SSSR count). The summed E-state index contributed by atoms with van der Waals surface area (Å²) in [5.41, 5.74) is 4.11. The summed E-state index contributed by atoms with van der Waals surface area (Å²) in [5.74, 6) is 2.92. The molecule has 28 heavy (non-hydrogen) atoms. The highest BCUT2D eigenvalue weighted by Gasteiger charge is 2.19. The van der Waals surface area contributed by atoms with Gasteiger partial charge in [-0.25, -0.2) is 0 Å². The number of methoxy groups -OCH3 is 2. The van der Waals surface area contributed by atoms with Gasteiger partial charge in [0.25, 0.3) is 0 Å². The minimum atomic E-state index is -0.496. The van der Waals surface area contributed by atoms with Crippen molar-refractivity contribution in [3.63, 3.8) is 0 Å². The second-order valence-corrected chi connectivity index (χ2v) is 7.43. The Kier molecular flexibility index (Phi) is 5.11. The van der Waals surface area contributed by atoms with Crippen LogP contribution in [0.4, 0.5) is 0 Å². The van der Waals surface area contributed by atoms with Crippen LogP contribution < -0.4 is 14.2 Å². The van der Waals surface area contributed by atoms with Gasteiger partial charge in [0, 0.05) is 39.8 Å². The van der Waals surface area contributed by atoms with Crippen LogP contribution in [0.2, 0.25) is 0 Å². The molecule has 0 amide bonds. The number of aromatic nitrogens is 1. The average molecular weight is 398 g/mol. The molecule has 0 spiro atoms. The summed E-state index contributed by atoms with van der Waals surface area (Å²) in [6, 6.07) is 9.99. The fourth-order valence-corrected chi connectivity index (χ4v) is 4.36. The lowest BCUT2D eigenvalue weighted by atomic mass is 9.97. The van der Waals surface area contributed by atoms with Crippen molar-refractivity contribution >= 4 is 28.4 Å². The van der Waals surface area contributed by atoms with Crippen molar-refractivity contribution in [2.24, 2.45) is 4.99 Å². The lowest BCUT2D eigenvalue weighted by Gasteiger charge is -2.20. The molecule has 1 aliphatic heterocycles. The number of benzene rings is 2. The van der Waals surface area contributed by atoms with Gasteiger partial charge in [0.1, 0.15) is 5.75 Å². The normalized spacial score (nSPS) is 16.3. The maximum atomic E-state index is 8.24. The minimum Gasteiger partial charge on any atom is -0.497 e. The first-order valence-corrected chi connectivity index (χ1v) is 10.2. The molecule has 146 valence electrons. The molecular formula is C22H24N2O3S. The number of ether oxygens (including phenoxy) is 3. The number of fused-ring (bicyclic) bond motifs is 2. The van der Waals surface area contributed by atoms with Crippen molar-refractivity contribution in [2.45, 2.75) is 18.2 Å². The van der Waals surface area contributed by atoms with Crippen molar-refractivity contribution in [3.05, 3.63) is 47.7 Å². The summed E-state index contributed by atoms with van der Waals surface area (Å²) in [6.45, 7) is 2.02. The highest BCUT2D eigenvalue weighted by molar-refractivity contribution is 8.00. The van der Waals surface area contributed by atoms with Crippen molar-refractivity contribution in [3.8, 4) is 17.2 Å². The number of nitrogens with zero attached hydrogens (tertiary/aromatic N) is 1. The van der Waals surface area contributed by atoms with Crippen molar-refractivity contribution in [1.29, 1.82) is 0 Å². The van der Waals surface area contributed by atoms with Crippen LogP contribution in [0.1, 0.15) is 19.4 Å². The Hall–Kier alpha value is -2.60. The number of H-pyrrole nitrogens is 1. The van der Waals surface area contributed by atoms with E-state index in [1.54, 1.807) is 26.0 Å². The number of aryl methyl sites for hydroxylation is 1. The summed E-state index contributed by atoms with van der Waals surface area (Å²) in [7, 11) is 3.31. The molecule has 6 heteroatoms. The fourth-order valence-electron chi connectivity index (χ4n) is 3.37. The highest BCUT2D eigenvalue weighted by atomic mass is 32.2. The smallest absolute Gasteiger partial charge is 0.161 e. The molecule has 0 radical (unpaired) electrons. The quantitative estimate of drug-likeness (QED) is 0.586. The predicted molar refractivity (Wildman–Crippen MR) is 115 cm³/mol. The van der Waals surface area contributed by atoms with E-state index in [9.17, 15) is 0 Å². The number of hydrogen-bond donors (Lipinski definition) is 1. The lowest BCUT2D eigenvalue weighted by molar-refractivity contribution is 0.310. The molecule has 0 bridgehead atoms. The van der Waals surface area contributed by atoms with Gasteiger partial charge in [0.2, 0.25) is 0 Å². The van der Waals surface area contributed by atoms with E-state index in [2.05, 4.69) is 9.98 Å². The fraction of sp³-hybridized carbons (Fsp3) is 0.318. The summed E-state index contributed by atoms with van der Waals surface area (Å²) in [5, 5.41) is 1.12. The number of aromatic amines is 1. The second kappa shape index (κ2) is 8.19. The molecule has 0 aliphatic carbocycles. The average Bonchev–Trinajstić information content (AvgIpc) is 3.14. The Morgan fingerprint density at radius 1 is 1.18 bits per heavy atom. The largest absolute Gasteiger partial charge is 0.497 e. The van der Waals surface area contributed by atoms with E-state index in [0.29, 0.717) is 30.3 Å². The molecule has 0 saturated heterocycles. The summed E-state index contributed by atoms with van der Waals surface area (Å²) >= 11 is 1.70. The predicted octanol–water partition coefficient (Wildman–Crippen LogP) is 4.72. The van der Waals surface area contributed by atoms with Crippen LogP contribution in [0.15, 0.2) is 46.4 Å². The van der Waals surface area contributed by atoms with Gasteiger partial charge in [0.05, 0.1) is 27.9 Å². The van der Waals surface area contributed by atoms with Crippen LogP contribution in [-0.4, -0.2) is 43.8 Å². The maximum absolute atomic E-state index is 8.24. The van der Waals surface area contributed by atoms with E-state index in [1.165, 1.54) is 0 Å². The molecule has 3 aromatic rings. The van der Waals surface area contributed by atoms with Crippen LogP contribution in [0, 0.1) is 0 Å². The summed E-state index contributed by atoms with van der Waals surface area (Å²) < 4.78 is 24.8. The topological polar surface area (TPSA) is 55.8 Å². The number of thioether (sulfide) groups is 1. The van der Waals surface area contributed by atoms with E-state index < -0.39 is 6.52 Å². The standard InChI is InChI=1S/C22H24N2O3S/c1-4-27-21-11-16-14(9-20(21)26-3)7-8-23-19(16)13-28-22-12-24-18-6-5-15(25-2)10-17(18)22/h5-6,9-12,24H,4,7-8,13H2,1-3H3/i8D/t8-/m1/s1. The molecule has 0 saturated carbocycles. The molecule has 0 fully saturated rings. The monoisotopic (exact) mass is 397 g/mol. The zero-order valence-electron chi connectivity index (χ0n) is 17.2. The number of hydrogen-bond acceptors (Lipinski definition) is 5. The summed E-state index contributed by atoms with van der Waals surface area (Å²) in [4.78, 5) is 9.06. The van der Waals surface area contributed by atoms with Gasteiger partial charge in [-0.05, 0) is 49.2 Å². The molecule has 1 aromatic heterocycles. The minimum absolute atomic E-state index is 0.496. The third kappa shape index (κ3) is 3.56. The molecule has 5 nitrogen and oxygen atoms in total. The Morgan fingerprint density at radius 2 is 2.07 bits per heavy atom. The molecule has 2 aromatic carbocycles. The Morgan fingerprint density at radius 3 is 2.86 bits per heavy atom. The van der Waals surface area contributed by atoms with Crippen molar-refractivity contribution in [1.82, 2.24) is 4.98 Å². The Labute approximate surface area is 170 Å². The van der Waals surface area contributed by atoms with Crippen LogP contribution in [0.25, 0.3) is 10.9 Å². The molecule has 1 atom stereocenters. The molecule has 0 unspecified atom stereocenters. The highest BCUT2D eigenvalue weighted by Crippen LogP contribution is 2.35. The molecular weight excluding hydrogens is 372 g/mol.